The molecule has 2 N–H and O–H groups in total. The maximum absolute atomic E-state index is 5.75. The van der Waals surface area contributed by atoms with Crippen LogP contribution in [0.25, 0.3) is 0 Å². The van der Waals surface area contributed by atoms with E-state index in [0.717, 1.165) is 24.8 Å². The molecule has 0 aromatic carbocycles. The van der Waals surface area contributed by atoms with E-state index in [-0.39, 0.29) is 35.0 Å². The van der Waals surface area contributed by atoms with E-state index in [9.17, 15) is 0 Å². The van der Waals surface area contributed by atoms with Crippen LogP contribution in [0.1, 0.15) is 60.8 Å². The number of aliphatic imine (C=N–C) groups is 1. The number of hydrogen-bond donors (Lipinski definition) is 2. The monoisotopic (exact) mass is 480 g/mol. The molecule has 0 radical (unpaired) electrons. The fourth-order valence-electron chi connectivity index (χ4n) is 4.15. The molecular formula is C20H41IN4O. The minimum atomic E-state index is -0.0514. The second kappa shape index (κ2) is 9.92. The zero-order valence-electron chi connectivity index (χ0n) is 17.9. The molecule has 0 aromatic rings. The highest BCUT2D eigenvalue weighted by molar-refractivity contribution is 14.0. The predicted octanol–water partition coefficient (Wildman–Crippen LogP) is 3.48. The van der Waals surface area contributed by atoms with Gasteiger partial charge in [-0.05, 0) is 39.0 Å². The highest BCUT2D eigenvalue weighted by atomic mass is 127. The van der Waals surface area contributed by atoms with Crippen LogP contribution in [-0.4, -0.2) is 61.8 Å². The van der Waals surface area contributed by atoms with Crippen LogP contribution in [0.5, 0.6) is 0 Å². The summed E-state index contributed by atoms with van der Waals surface area (Å²) < 4.78 is 5.75. The number of nitrogens with zero attached hydrogens (tertiary/aromatic N) is 2. The summed E-state index contributed by atoms with van der Waals surface area (Å²) in [7, 11) is 1.82. The number of likely N-dealkylation sites (tertiary alicyclic amines) is 1. The first-order valence-electron chi connectivity index (χ1n) is 10.1. The van der Waals surface area contributed by atoms with E-state index < -0.39 is 0 Å². The van der Waals surface area contributed by atoms with Gasteiger partial charge in [0.2, 0.25) is 0 Å². The minimum Gasteiger partial charge on any atom is -0.378 e. The van der Waals surface area contributed by atoms with Gasteiger partial charge in [0.05, 0.1) is 5.60 Å². The van der Waals surface area contributed by atoms with Gasteiger partial charge in [-0.15, -0.1) is 24.0 Å². The number of guanidine groups is 1. The second-order valence-corrected chi connectivity index (χ2v) is 8.99. The van der Waals surface area contributed by atoms with Crippen molar-refractivity contribution in [2.75, 3.05) is 33.3 Å². The molecule has 1 aliphatic carbocycles. The first-order chi connectivity index (χ1) is 11.7. The van der Waals surface area contributed by atoms with Gasteiger partial charge in [-0.2, -0.15) is 0 Å². The molecule has 2 atom stereocenters. The molecule has 2 unspecified atom stereocenters. The van der Waals surface area contributed by atoms with Crippen molar-refractivity contribution in [2.45, 2.75) is 78.5 Å². The van der Waals surface area contributed by atoms with Gasteiger partial charge in [0.1, 0.15) is 0 Å². The Morgan fingerprint density at radius 3 is 2.27 bits per heavy atom. The first-order valence-corrected chi connectivity index (χ1v) is 10.1. The average molecular weight is 480 g/mol. The van der Waals surface area contributed by atoms with Crippen LogP contribution in [0.2, 0.25) is 0 Å². The zero-order chi connectivity index (χ0) is 18.7. The lowest BCUT2D eigenvalue weighted by molar-refractivity contribution is -0.176. The molecule has 0 bridgehead atoms. The molecule has 0 aromatic heterocycles. The van der Waals surface area contributed by atoms with Crippen molar-refractivity contribution in [2.24, 2.45) is 16.3 Å². The third-order valence-electron chi connectivity index (χ3n) is 6.46. The standard InChI is InChI=1S/C20H40N4O.HI/c1-8-21-18(23-17-13-20(6,25-7)19(17,4)5)22-16-9-11-24(12-10-16)14-15(2)3;/h15-17H,8-14H2,1-7H3,(H2,21,22,23);1H. The summed E-state index contributed by atoms with van der Waals surface area (Å²) in [6, 6.07) is 0.925. The van der Waals surface area contributed by atoms with Gasteiger partial charge in [0.15, 0.2) is 5.96 Å². The fraction of sp³-hybridized carbons (Fsp3) is 0.950. The van der Waals surface area contributed by atoms with Crippen LogP contribution in [-0.2, 0) is 4.74 Å². The number of hydrogen-bond acceptors (Lipinski definition) is 3. The third kappa shape index (κ3) is 5.47. The Kier molecular flexibility index (Phi) is 9.14. The normalized spacial score (nSPS) is 29.8. The molecule has 2 rings (SSSR count). The molecule has 26 heavy (non-hydrogen) atoms. The largest absolute Gasteiger partial charge is 0.378 e. The average Bonchev–Trinajstić information content (AvgIpc) is 2.55. The van der Waals surface area contributed by atoms with Crippen molar-refractivity contribution >= 4 is 29.9 Å². The fourth-order valence-corrected chi connectivity index (χ4v) is 4.15. The van der Waals surface area contributed by atoms with Crippen LogP contribution < -0.4 is 10.6 Å². The van der Waals surface area contributed by atoms with E-state index >= 15 is 0 Å². The van der Waals surface area contributed by atoms with Crippen molar-refractivity contribution in [1.82, 2.24) is 15.5 Å². The summed E-state index contributed by atoms with van der Waals surface area (Å²) in [5.41, 5.74) is 0.0444. The summed E-state index contributed by atoms with van der Waals surface area (Å²) >= 11 is 0. The SMILES string of the molecule is CCN=C(NC1CCN(CC(C)C)CC1)NC1CC(C)(OC)C1(C)C.I. The van der Waals surface area contributed by atoms with Crippen molar-refractivity contribution in [3.8, 4) is 0 Å². The van der Waals surface area contributed by atoms with Crippen LogP contribution >= 0.6 is 24.0 Å². The van der Waals surface area contributed by atoms with Crippen molar-refractivity contribution in [1.29, 1.82) is 0 Å². The molecule has 2 fully saturated rings. The van der Waals surface area contributed by atoms with Gasteiger partial charge in [-0.25, -0.2) is 0 Å². The van der Waals surface area contributed by atoms with E-state index in [0.29, 0.717) is 12.1 Å². The molecule has 0 amide bonds. The number of halogens is 1. The van der Waals surface area contributed by atoms with Gasteiger partial charge in [-0.3, -0.25) is 4.99 Å². The topological polar surface area (TPSA) is 48.9 Å². The number of nitrogens with one attached hydrogen (secondary N) is 2. The van der Waals surface area contributed by atoms with Gasteiger partial charge in [0.25, 0.3) is 0 Å². The van der Waals surface area contributed by atoms with Crippen LogP contribution in [0.4, 0.5) is 0 Å². The molecule has 154 valence electrons. The Hall–Kier alpha value is -0.0800. The minimum absolute atomic E-state index is 0. The maximum atomic E-state index is 5.75. The number of rotatable bonds is 6. The van der Waals surface area contributed by atoms with Crippen LogP contribution in [0, 0.1) is 11.3 Å². The second-order valence-electron chi connectivity index (χ2n) is 8.99. The van der Waals surface area contributed by atoms with Crippen LogP contribution in [0.3, 0.4) is 0 Å². The van der Waals surface area contributed by atoms with E-state index in [2.05, 4.69) is 62.1 Å². The number of piperidine rings is 1. The smallest absolute Gasteiger partial charge is 0.191 e. The molecule has 2 aliphatic rings. The lowest BCUT2D eigenvalue weighted by Gasteiger charge is -2.59. The Balaban J connectivity index is 0.00000338. The molecule has 0 spiro atoms. The molecular weight excluding hydrogens is 439 g/mol. The summed E-state index contributed by atoms with van der Waals surface area (Å²) in [6.07, 6.45) is 3.41. The van der Waals surface area contributed by atoms with E-state index in [1.54, 1.807) is 0 Å². The summed E-state index contributed by atoms with van der Waals surface area (Å²) in [6.45, 7) is 17.9. The highest BCUT2D eigenvalue weighted by Gasteiger charge is 2.58. The Labute approximate surface area is 178 Å². The van der Waals surface area contributed by atoms with Gasteiger partial charge < -0.3 is 20.3 Å². The Bertz CT molecular complexity index is 461. The van der Waals surface area contributed by atoms with Crippen LogP contribution in [0.15, 0.2) is 4.99 Å². The molecule has 6 heteroatoms. The van der Waals surface area contributed by atoms with Crippen molar-refractivity contribution in [3.63, 3.8) is 0 Å². The van der Waals surface area contributed by atoms with Gasteiger partial charge in [-0.1, -0.05) is 27.7 Å². The molecule has 1 heterocycles. The van der Waals surface area contributed by atoms with Gasteiger partial charge in [0, 0.05) is 50.8 Å². The zero-order valence-corrected chi connectivity index (χ0v) is 20.2. The van der Waals surface area contributed by atoms with E-state index in [1.165, 1.54) is 32.5 Å². The first kappa shape index (κ1) is 24.0. The molecule has 1 saturated heterocycles. The lowest BCUT2D eigenvalue weighted by Crippen LogP contribution is -2.70. The molecule has 5 nitrogen and oxygen atoms in total. The predicted molar refractivity (Wildman–Crippen MR) is 122 cm³/mol. The molecule has 1 saturated carbocycles. The van der Waals surface area contributed by atoms with Gasteiger partial charge >= 0.3 is 0 Å². The summed E-state index contributed by atoms with van der Waals surface area (Å²) in [4.78, 5) is 7.28. The highest BCUT2D eigenvalue weighted by Crippen LogP contribution is 2.51. The summed E-state index contributed by atoms with van der Waals surface area (Å²) in [5, 5.41) is 7.35. The number of methoxy groups -OCH3 is 1. The number of ether oxygens (including phenoxy) is 1. The molecule has 1 aliphatic heterocycles. The van der Waals surface area contributed by atoms with Crippen molar-refractivity contribution in [3.05, 3.63) is 0 Å². The Morgan fingerprint density at radius 1 is 1.19 bits per heavy atom. The maximum Gasteiger partial charge on any atom is 0.191 e. The van der Waals surface area contributed by atoms with E-state index in [1.807, 2.05) is 7.11 Å². The third-order valence-corrected chi connectivity index (χ3v) is 6.46. The summed E-state index contributed by atoms with van der Waals surface area (Å²) in [5.74, 6) is 1.72. The Morgan fingerprint density at radius 2 is 1.81 bits per heavy atom. The quantitative estimate of drug-likeness (QED) is 0.347. The van der Waals surface area contributed by atoms with Crippen molar-refractivity contribution < 1.29 is 4.74 Å². The van der Waals surface area contributed by atoms with E-state index in [4.69, 9.17) is 4.74 Å². The lowest BCUT2D eigenvalue weighted by atomic mass is 9.56.